The van der Waals surface area contributed by atoms with Crippen LogP contribution >= 0.6 is 11.6 Å². The van der Waals surface area contributed by atoms with Crippen LogP contribution in [0.15, 0.2) is 84.9 Å². The molecule has 0 bridgehead atoms. The van der Waals surface area contributed by atoms with Crippen LogP contribution in [0.2, 0.25) is 5.02 Å². The predicted octanol–water partition coefficient (Wildman–Crippen LogP) is 7.91. The quantitative estimate of drug-likeness (QED) is 0.0191. The minimum atomic E-state index is -1.42. The summed E-state index contributed by atoms with van der Waals surface area (Å²) >= 11 is 6.07. The number of nitrogens with zero attached hydrogens (tertiary/aromatic N) is 1. The fourth-order valence-electron chi connectivity index (χ4n) is 7.97. The lowest BCUT2D eigenvalue weighted by atomic mass is 9.88. The van der Waals surface area contributed by atoms with E-state index in [2.05, 4.69) is 65.9 Å². The number of ether oxygens (including phenoxy) is 4. The molecule has 2 aliphatic heterocycles. The number of halogens is 1. The zero-order valence-electron chi connectivity index (χ0n) is 40.9. The Morgan fingerprint density at radius 1 is 0.886 bits per heavy atom. The summed E-state index contributed by atoms with van der Waals surface area (Å²) in [6.45, 7) is 12.8. The lowest BCUT2D eigenvalue weighted by molar-refractivity contribution is -0.175. The van der Waals surface area contributed by atoms with Crippen LogP contribution in [0.5, 0.6) is 5.75 Å². The van der Waals surface area contributed by atoms with Gasteiger partial charge in [-0.25, -0.2) is 14.4 Å². The number of cyclic esters (lactones) is 2. The van der Waals surface area contributed by atoms with Gasteiger partial charge in [0.05, 0.1) is 17.2 Å². The monoisotopic (exact) mass is 993 g/mol. The zero-order valence-corrected chi connectivity index (χ0v) is 41.7. The number of hydrogen-bond donors (Lipinski definition) is 5. The van der Waals surface area contributed by atoms with Crippen molar-refractivity contribution in [1.82, 2.24) is 10.2 Å². The molecule has 70 heavy (non-hydrogen) atoms. The normalized spacial score (nSPS) is 21.2. The number of carboxylic acids is 2. The summed E-state index contributed by atoms with van der Waals surface area (Å²) in [6, 6.07) is 21.8. The van der Waals surface area contributed by atoms with Gasteiger partial charge in [0.25, 0.3) is 5.91 Å². The lowest BCUT2D eigenvalue weighted by Gasteiger charge is -2.32. The fraction of sp³-hybridized carbons (Fsp3) is 0.481. The molecule has 0 aromatic heterocycles. The molecule has 2 aliphatic rings. The van der Waals surface area contributed by atoms with Crippen LogP contribution in [-0.2, 0) is 53.3 Å². The molecular weight excluding hydrogens is 926 g/mol. The van der Waals surface area contributed by atoms with Crippen molar-refractivity contribution in [2.45, 2.75) is 129 Å². The van der Waals surface area contributed by atoms with E-state index >= 15 is 0 Å². The molecule has 2 fully saturated rings. The number of nitrogens with one attached hydrogen (secondary N) is 2. The average Bonchev–Trinajstić information content (AvgIpc) is 3.73. The topological polar surface area (TPSA) is 244 Å². The first-order chi connectivity index (χ1) is 33.2. The number of likely N-dealkylation sites (tertiary alicyclic amines) is 1. The van der Waals surface area contributed by atoms with Crippen molar-refractivity contribution in [2.24, 2.45) is 11.8 Å². The number of hydrogen-bond acceptors (Lipinski definition) is 13. The third kappa shape index (κ3) is 18.2. The number of para-hydroxylation sites is 1. The third-order valence-corrected chi connectivity index (χ3v) is 12.1. The highest BCUT2D eigenvalue weighted by Crippen LogP contribution is 2.35. The maximum atomic E-state index is 13.3. The van der Waals surface area contributed by atoms with Gasteiger partial charge in [-0.1, -0.05) is 100 Å². The molecule has 0 spiro atoms. The summed E-state index contributed by atoms with van der Waals surface area (Å²) < 4.78 is 23.4. The second-order valence-electron chi connectivity index (χ2n) is 17.7. The van der Waals surface area contributed by atoms with Crippen molar-refractivity contribution in [3.05, 3.63) is 107 Å². The number of rotatable bonds is 19. The number of amides is 2. The van der Waals surface area contributed by atoms with Crippen LogP contribution in [0.25, 0.3) is 0 Å². The maximum absolute atomic E-state index is 13.3. The van der Waals surface area contributed by atoms with Gasteiger partial charge in [-0.05, 0) is 101 Å². The highest BCUT2D eigenvalue weighted by Gasteiger charge is 2.44. The maximum Gasteiger partial charge on any atom is 0.332 e. The van der Waals surface area contributed by atoms with E-state index in [-0.39, 0.29) is 23.6 Å². The summed E-state index contributed by atoms with van der Waals surface area (Å²) in [5.74, 6) is -6.79. The SMILES string of the molecule is CCCCCC1C(=O)OC(C)C(NC(=O)c2cccc(NC=O)c2O)C(=O)OC(C)C1OC(=O)CC(C)C.CN1CCCC1CCOC(C)(c1ccccc1)c1ccc(Cl)cc1.O=C(O)C=CC(=O)O. The van der Waals surface area contributed by atoms with Gasteiger partial charge in [0.1, 0.15) is 17.8 Å². The first-order valence-electron chi connectivity index (χ1n) is 23.4. The minimum Gasteiger partial charge on any atom is -0.505 e. The van der Waals surface area contributed by atoms with Gasteiger partial charge in [-0.2, -0.15) is 0 Å². The van der Waals surface area contributed by atoms with Gasteiger partial charge in [-0.3, -0.25) is 19.2 Å². The summed E-state index contributed by atoms with van der Waals surface area (Å²) in [4.78, 5) is 84.3. The van der Waals surface area contributed by atoms with E-state index in [0.717, 1.165) is 36.5 Å². The molecule has 0 aliphatic carbocycles. The van der Waals surface area contributed by atoms with E-state index in [1.807, 2.05) is 39.0 Å². The smallest absolute Gasteiger partial charge is 0.332 e. The molecule has 17 nitrogen and oxygen atoms in total. The summed E-state index contributed by atoms with van der Waals surface area (Å²) in [7, 11) is 2.22. The Bertz CT molecular complexity index is 2210. The molecule has 0 saturated carbocycles. The molecule has 3 aromatic carbocycles. The second-order valence-corrected chi connectivity index (χ2v) is 18.1. The van der Waals surface area contributed by atoms with Crippen LogP contribution in [0.3, 0.4) is 0 Å². The van der Waals surface area contributed by atoms with Crippen LogP contribution in [-0.4, -0.2) is 113 Å². The first kappa shape index (κ1) is 58.0. The highest BCUT2D eigenvalue weighted by molar-refractivity contribution is 6.30. The largest absolute Gasteiger partial charge is 0.505 e. The number of aromatic hydroxyl groups is 1. The van der Waals surface area contributed by atoms with Crippen molar-refractivity contribution in [3.63, 3.8) is 0 Å². The van der Waals surface area contributed by atoms with Crippen molar-refractivity contribution in [3.8, 4) is 5.75 Å². The Morgan fingerprint density at radius 2 is 1.51 bits per heavy atom. The first-order valence-corrected chi connectivity index (χ1v) is 23.8. The van der Waals surface area contributed by atoms with E-state index in [9.17, 15) is 38.7 Å². The number of unbranched alkanes of at least 4 members (excludes halogenated alkanes) is 2. The number of phenols is 1. The number of aliphatic carboxylic acids is 2. The van der Waals surface area contributed by atoms with E-state index in [1.54, 1.807) is 0 Å². The lowest BCUT2D eigenvalue weighted by Crippen LogP contribution is -2.50. The highest BCUT2D eigenvalue weighted by atomic mass is 35.5. The molecular formula is C52H68ClN3O14. The van der Waals surface area contributed by atoms with Crippen molar-refractivity contribution < 1.29 is 67.8 Å². The number of carboxylic acid groups (broad SMARTS) is 2. The molecule has 382 valence electrons. The van der Waals surface area contributed by atoms with E-state index < -0.39 is 77.4 Å². The fourth-order valence-corrected chi connectivity index (χ4v) is 8.09. The standard InChI is InChI=1S/C27H38N2O9.C21H26ClNO.C4H4O4/c1-6-7-8-10-19-24(38-21(31)13-15(2)3)17(5)37-27(35)22(16(4)36-26(19)34)29-25(33)18-11-9-12-20(23(18)32)28-14-30;1-21(17-7-4-3-5-8-17,18-10-12-19(22)13-11-18)24-16-14-20-9-6-15-23(20)2;5-3(6)1-2-4(7)8/h9,11-12,14-17,19,22,24,32H,6-8,10,13H2,1-5H3,(H,28,30)(H,29,33);3-5,7-8,10-13,20H,6,9,14-16H2,1-2H3;1-2H,(H,5,6)(H,7,8). The van der Waals surface area contributed by atoms with Crippen LogP contribution < -0.4 is 10.6 Å². The molecule has 3 aromatic rings. The van der Waals surface area contributed by atoms with Gasteiger partial charge in [-0.15, -0.1) is 0 Å². The Kier molecular flexibility index (Phi) is 24.0. The second kappa shape index (κ2) is 29.0. The number of carbonyl (C=O) groups is 7. The zero-order chi connectivity index (χ0) is 52.0. The summed E-state index contributed by atoms with van der Waals surface area (Å²) in [5, 5.41) is 31.5. The molecule has 2 heterocycles. The molecule has 5 N–H and O–H groups in total. The molecule has 2 amide bonds. The van der Waals surface area contributed by atoms with Gasteiger partial charge >= 0.3 is 29.8 Å². The van der Waals surface area contributed by atoms with Gasteiger partial charge < -0.3 is 49.8 Å². The number of phenolic OH excluding ortho intramolecular Hbond substituents is 1. The van der Waals surface area contributed by atoms with Crippen molar-refractivity contribution >= 4 is 59.5 Å². The number of benzene rings is 3. The Labute approximate surface area is 414 Å². The van der Waals surface area contributed by atoms with E-state index in [0.29, 0.717) is 37.4 Å². The third-order valence-electron chi connectivity index (χ3n) is 11.8. The molecule has 7 atom stereocenters. The van der Waals surface area contributed by atoms with Crippen LogP contribution in [0.1, 0.15) is 114 Å². The number of carbonyl (C=O) groups excluding carboxylic acids is 5. The average molecular weight is 995 g/mol. The minimum absolute atomic E-state index is 0.00114. The molecule has 5 rings (SSSR count). The predicted molar refractivity (Wildman–Crippen MR) is 262 cm³/mol. The Hall–Kier alpha value is -6.30. The summed E-state index contributed by atoms with van der Waals surface area (Å²) in [5.41, 5.74) is 1.64. The van der Waals surface area contributed by atoms with Gasteiger partial charge in [0, 0.05) is 36.2 Å². The van der Waals surface area contributed by atoms with Crippen molar-refractivity contribution in [2.75, 3.05) is 25.5 Å². The van der Waals surface area contributed by atoms with Crippen molar-refractivity contribution in [1.29, 1.82) is 0 Å². The number of anilines is 1. The molecule has 2 saturated heterocycles. The van der Waals surface area contributed by atoms with Gasteiger partial charge in [0.15, 0.2) is 17.9 Å². The molecule has 7 unspecified atom stereocenters. The van der Waals surface area contributed by atoms with Crippen LogP contribution in [0, 0.1) is 11.8 Å². The molecule has 0 radical (unpaired) electrons. The number of esters is 3. The van der Waals surface area contributed by atoms with Gasteiger partial charge in [0.2, 0.25) is 6.41 Å². The summed E-state index contributed by atoms with van der Waals surface area (Å²) in [6.07, 6.45) is 4.84. The Morgan fingerprint density at radius 3 is 2.09 bits per heavy atom. The molecule has 18 heteroatoms. The van der Waals surface area contributed by atoms with E-state index in [1.165, 1.54) is 57.0 Å². The van der Waals surface area contributed by atoms with E-state index in [4.69, 9.17) is 40.8 Å². The Balaban J connectivity index is 0.000000341. The van der Waals surface area contributed by atoms with Crippen LogP contribution in [0.4, 0.5) is 5.69 Å².